The Morgan fingerprint density at radius 1 is 1.10 bits per heavy atom. The van der Waals surface area contributed by atoms with Crippen LogP contribution in [-0.2, 0) is 4.74 Å². The molecule has 2 aromatic carbocycles. The Morgan fingerprint density at radius 2 is 1.95 bits per heavy atom. The van der Waals surface area contributed by atoms with Gasteiger partial charge in [0, 0.05) is 52.5 Å². The first-order valence-electron chi connectivity index (χ1n) is 13.0. The van der Waals surface area contributed by atoms with Crippen molar-refractivity contribution in [1.82, 2.24) is 15.3 Å². The monoisotopic (exact) mass is 524 g/mol. The van der Waals surface area contributed by atoms with E-state index in [2.05, 4.69) is 27.5 Å². The van der Waals surface area contributed by atoms with Crippen LogP contribution in [0, 0.1) is 5.82 Å². The van der Waals surface area contributed by atoms with Gasteiger partial charge in [0.05, 0.1) is 6.10 Å². The van der Waals surface area contributed by atoms with Crippen molar-refractivity contribution in [2.45, 2.75) is 32.3 Å². The van der Waals surface area contributed by atoms with Crippen molar-refractivity contribution in [1.29, 1.82) is 0 Å². The number of aromatic nitrogens is 2. The van der Waals surface area contributed by atoms with E-state index in [1.165, 1.54) is 12.1 Å². The number of amides is 2. The number of carbonyl (C=O) groups excluding carboxylic acids is 2. The molecule has 1 atom stereocenters. The number of allylic oxidation sites excluding steroid dienone is 1. The molecule has 1 aliphatic rings. The Balaban J connectivity index is 1.26. The third kappa shape index (κ3) is 6.30. The maximum absolute atomic E-state index is 13.4. The average molecular weight is 525 g/mol. The topological polar surface area (TPSA) is 96.1 Å². The number of nitrogens with one attached hydrogen (secondary N) is 3. The molecule has 2 heterocycles. The number of urea groups is 1. The minimum Gasteiger partial charge on any atom is -0.374 e. The van der Waals surface area contributed by atoms with Gasteiger partial charge in [0.25, 0.3) is 0 Å². The molecule has 0 radical (unpaired) electrons. The first kappa shape index (κ1) is 26.1. The maximum atomic E-state index is 13.4. The van der Waals surface area contributed by atoms with E-state index in [1.54, 1.807) is 48.8 Å². The minimum absolute atomic E-state index is 0.0272. The summed E-state index contributed by atoms with van der Waals surface area (Å²) in [6.45, 7) is 2.85. The highest BCUT2D eigenvalue weighted by Gasteiger charge is 2.17. The number of hydrogen-bond donors (Lipinski definition) is 3. The van der Waals surface area contributed by atoms with E-state index in [1.807, 2.05) is 24.3 Å². The summed E-state index contributed by atoms with van der Waals surface area (Å²) in [5, 5.41) is 6.28. The summed E-state index contributed by atoms with van der Waals surface area (Å²) in [4.78, 5) is 33.5. The van der Waals surface area contributed by atoms with Crippen molar-refractivity contribution in [3.8, 4) is 11.1 Å². The molecule has 0 fully saturated rings. The summed E-state index contributed by atoms with van der Waals surface area (Å²) >= 11 is 0. The lowest BCUT2D eigenvalue weighted by atomic mass is 10.0. The molecule has 5 rings (SSSR count). The van der Waals surface area contributed by atoms with E-state index in [0.717, 1.165) is 30.6 Å². The number of aromatic amines is 1. The third-order valence-corrected chi connectivity index (χ3v) is 6.48. The molecular formula is C31H29FN4O3. The van der Waals surface area contributed by atoms with Gasteiger partial charge in [-0.2, -0.15) is 0 Å². The minimum atomic E-state index is -0.402. The Hall–Kier alpha value is -4.56. The lowest BCUT2D eigenvalue weighted by Crippen LogP contribution is -2.29. The number of halogens is 1. The van der Waals surface area contributed by atoms with Crippen LogP contribution in [0.5, 0.6) is 0 Å². The zero-order valence-electron chi connectivity index (χ0n) is 21.5. The molecule has 0 aliphatic heterocycles. The number of ether oxygens (including phenoxy) is 1. The quantitative estimate of drug-likeness (QED) is 0.167. The fourth-order valence-corrected chi connectivity index (χ4v) is 4.37. The number of benzene rings is 2. The van der Waals surface area contributed by atoms with Crippen molar-refractivity contribution >= 4 is 28.5 Å². The lowest BCUT2D eigenvalue weighted by molar-refractivity contribution is 0.0838. The molecule has 0 spiro atoms. The van der Waals surface area contributed by atoms with Crippen molar-refractivity contribution in [2.24, 2.45) is 0 Å². The van der Waals surface area contributed by atoms with Crippen LogP contribution in [0.4, 0.5) is 14.9 Å². The van der Waals surface area contributed by atoms with Crippen LogP contribution in [0.1, 0.15) is 42.1 Å². The Bertz CT molecular complexity index is 1560. The van der Waals surface area contributed by atoms with E-state index in [4.69, 9.17) is 4.74 Å². The second kappa shape index (κ2) is 11.9. The summed E-state index contributed by atoms with van der Waals surface area (Å²) in [5.41, 5.74) is 4.20. The van der Waals surface area contributed by atoms with Crippen LogP contribution in [-0.4, -0.2) is 34.5 Å². The van der Waals surface area contributed by atoms with E-state index in [9.17, 15) is 14.0 Å². The van der Waals surface area contributed by atoms with Crippen molar-refractivity contribution < 1.29 is 18.7 Å². The number of ketones is 1. The van der Waals surface area contributed by atoms with Crippen LogP contribution >= 0.6 is 0 Å². The highest BCUT2D eigenvalue weighted by Crippen LogP contribution is 2.27. The van der Waals surface area contributed by atoms with Gasteiger partial charge in [-0.1, -0.05) is 49.8 Å². The molecule has 4 aromatic rings. The van der Waals surface area contributed by atoms with Crippen LogP contribution in [0.3, 0.4) is 0 Å². The van der Waals surface area contributed by atoms with Crippen molar-refractivity contribution in [3.63, 3.8) is 0 Å². The molecule has 0 bridgehead atoms. The molecule has 0 saturated heterocycles. The molecule has 7 nitrogen and oxygen atoms in total. The van der Waals surface area contributed by atoms with Gasteiger partial charge in [0.1, 0.15) is 11.5 Å². The van der Waals surface area contributed by atoms with Crippen LogP contribution in [0.15, 0.2) is 90.9 Å². The molecule has 8 heteroatoms. The number of carbonyl (C=O) groups is 2. The maximum Gasteiger partial charge on any atom is 0.323 e. The normalized spacial score (nSPS) is 14.7. The molecule has 1 aliphatic carbocycles. The molecule has 198 valence electrons. The molecule has 3 N–H and O–H groups in total. The van der Waals surface area contributed by atoms with Gasteiger partial charge >= 0.3 is 6.03 Å². The van der Waals surface area contributed by atoms with Gasteiger partial charge in [-0.25, -0.2) is 14.2 Å². The SMILES string of the molecule is CCCCOC1C=CC(NC(=O)Nc2cccc(C(=O)c3c[nH]c4ncc(-c5ccc(F)cc5)cc34)c2)=CC1. The summed E-state index contributed by atoms with van der Waals surface area (Å²) in [6.07, 6.45) is 11.9. The molecule has 1 unspecified atom stereocenters. The molecule has 2 aromatic heterocycles. The smallest absolute Gasteiger partial charge is 0.323 e. The zero-order valence-corrected chi connectivity index (χ0v) is 21.5. The first-order chi connectivity index (χ1) is 19.0. The van der Waals surface area contributed by atoms with E-state index < -0.39 is 6.03 Å². The molecule has 0 saturated carbocycles. The number of anilines is 1. The largest absolute Gasteiger partial charge is 0.374 e. The average Bonchev–Trinajstić information content (AvgIpc) is 3.37. The highest BCUT2D eigenvalue weighted by atomic mass is 19.1. The number of nitrogens with zero attached hydrogens (tertiary/aromatic N) is 1. The standard InChI is InChI=1S/C31H29FN4O3/c1-2-3-15-39-26-13-11-24(12-14-26)35-31(38)36-25-6-4-5-21(16-25)29(37)28-19-34-30-27(28)17-22(18-33-30)20-7-9-23(32)10-8-20/h4-13,16-19,26H,2-3,14-15H2,1H3,(H,33,34)(H2,35,36,38). The highest BCUT2D eigenvalue weighted by molar-refractivity contribution is 6.16. The predicted octanol–water partition coefficient (Wildman–Crippen LogP) is 6.75. The van der Waals surface area contributed by atoms with Gasteiger partial charge in [-0.3, -0.25) is 4.79 Å². The van der Waals surface area contributed by atoms with E-state index in [0.29, 0.717) is 40.0 Å². The van der Waals surface area contributed by atoms with Gasteiger partial charge in [0.15, 0.2) is 5.78 Å². The number of unbranched alkanes of at least 4 members (excludes halogenated alkanes) is 1. The molecule has 2 amide bonds. The van der Waals surface area contributed by atoms with Gasteiger partial charge in [-0.15, -0.1) is 0 Å². The molecule has 39 heavy (non-hydrogen) atoms. The number of pyridine rings is 1. The summed E-state index contributed by atoms with van der Waals surface area (Å²) in [5.74, 6) is -0.532. The van der Waals surface area contributed by atoms with Crippen LogP contribution < -0.4 is 10.6 Å². The number of hydrogen-bond acceptors (Lipinski definition) is 4. The number of H-pyrrole nitrogens is 1. The third-order valence-electron chi connectivity index (χ3n) is 6.48. The van der Waals surface area contributed by atoms with Gasteiger partial charge in [0.2, 0.25) is 0 Å². The Morgan fingerprint density at radius 3 is 2.72 bits per heavy atom. The summed E-state index contributed by atoms with van der Waals surface area (Å²) < 4.78 is 19.1. The number of fused-ring (bicyclic) bond motifs is 1. The Labute approximate surface area is 225 Å². The van der Waals surface area contributed by atoms with E-state index in [-0.39, 0.29) is 17.7 Å². The molecular weight excluding hydrogens is 495 g/mol. The van der Waals surface area contributed by atoms with Crippen molar-refractivity contribution in [2.75, 3.05) is 11.9 Å². The summed E-state index contributed by atoms with van der Waals surface area (Å²) in [6, 6.07) is 14.4. The Kier molecular flexibility index (Phi) is 7.94. The fraction of sp³-hybridized carbons (Fsp3) is 0.194. The predicted molar refractivity (Wildman–Crippen MR) is 150 cm³/mol. The van der Waals surface area contributed by atoms with Crippen molar-refractivity contribution in [3.05, 3.63) is 108 Å². The first-order valence-corrected chi connectivity index (χ1v) is 13.0. The van der Waals surface area contributed by atoms with Gasteiger partial charge < -0.3 is 20.4 Å². The van der Waals surface area contributed by atoms with Crippen LogP contribution in [0.25, 0.3) is 22.2 Å². The van der Waals surface area contributed by atoms with E-state index >= 15 is 0 Å². The van der Waals surface area contributed by atoms with Gasteiger partial charge in [-0.05, 0) is 54.8 Å². The lowest BCUT2D eigenvalue weighted by Gasteiger charge is -2.17. The second-order valence-corrected chi connectivity index (χ2v) is 9.34. The second-order valence-electron chi connectivity index (χ2n) is 9.34. The zero-order chi connectivity index (χ0) is 27.2. The fourth-order valence-electron chi connectivity index (χ4n) is 4.37. The number of rotatable bonds is 9. The van der Waals surface area contributed by atoms with Crippen LogP contribution in [0.2, 0.25) is 0 Å². The summed E-state index contributed by atoms with van der Waals surface area (Å²) in [7, 11) is 0.